The van der Waals surface area contributed by atoms with Crippen LogP contribution in [0.4, 0.5) is 5.13 Å². The van der Waals surface area contributed by atoms with Gasteiger partial charge in [0.1, 0.15) is 0 Å². The summed E-state index contributed by atoms with van der Waals surface area (Å²) in [6.45, 7) is 3.95. The first-order chi connectivity index (χ1) is 8.29. The molecule has 0 bridgehead atoms. The molecule has 92 valence electrons. The monoisotopic (exact) mass is 249 g/mol. The van der Waals surface area contributed by atoms with Gasteiger partial charge >= 0.3 is 0 Å². The zero-order chi connectivity index (χ0) is 12.1. The lowest BCUT2D eigenvalue weighted by atomic mass is 10.1. The highest BCUT2D eigenvalue weighted by Crippen LogP contribution is 2.25. The molecule has 0 aliphatic rings. The van der Waals surface area contributed by atoms with Gasteiger partial charge in [-0.2, -0.15) is 0 Å². The van der Waals surface area contributed by atoms with Crippen LogP contribution in [0.2, 0.25) is 0 Å². The Morgan fingerprint density at radius 2 is 2.24 bits per heavy atom. The van der Waals surface area contributed by atoms with E-state index in [-0.39, 0.29) is 0 Å². The average Bonchev–Trinajstić information content (AvgIpc) is 2.76. The number of nitrogens with one attached hydrogen (secondary N) is 1. The molecule has 4 heteroatoms. The van der Waals surface area contributed by atoms with Crippen LogP contribution in [-0.2, 0) is 0 Å². The molecule has 2 rings (SSSR count). The summed E-state index contributed by atoms with van der Waals surface area (Å²) in [6.07, 6.45) is 2.32. The van der Waals surface area contributed by atoms with Crippen molar-refractivity contribution in [3.63, 3.8) is 0 Å². The predicted molar refractivity (Wildman–Crippen MR) is 75.6 cm³/mol. The van der Waals surface area contributed by atoms with Crippen LogP contribution in [0.1, 0.15) is 19.8 Å². The lowest BCUT2D eigenvalue weighted by Gasteiger charge is -2.07. The molecule has 1 aromatic carbocycles. The highest BCUT2D eigenvalue weighted by atomic mass is 32.1. The van der Waals surface area contributed by atoms with E-state index >= 15 is 0 Å². The summed E-state index contributed by atoms with van der Waals surface area (Å²) in [4.78, 5) is 4.53. The fourth-order valence-electron chi connectivity index (χ4n) is 1.71. The molecule has 0 saturated heterocycles. The van der Waals surface area contributed by atoms with Crippen LogP contribution >= 0.6 is 11.3 Å². The largest absolute Gasteiger partial charge is 0.361 e. The van der Waals surface area contributed by atoms with E-state index in [0.29, 0.717) is 5.92 Å². The minimum atomic E-state index is 0.618. The van der Waals surface area contributed by atoms with Crippen LogP contribution in [-0.4, -0.2) is 18.1 Å². The van der Waals surface area contributed by atoms with Crippen molar-refractivity contribution in [3.05, 3.63) is 24.3 Å². The van der Waals surface area contributed by atoms with E-state index in [4.69, 9.17) is 5.73 Å². The Kier molecular flexibility index (Phi) is 4.34. The molecule has 1 heterocycles. The summed E-state index contributed by atoms with van der Waals surface area (Å²) in [5.41, 5.74) is 6.66. The molecule has 0 saturated carbocycles. The van der Waals surface area contributed by atoms with E-state index in [1.54, 1.807) is 11.3 Å². The maximum Gasteiger partial charge on any atom is 0.183 e. The summed E-state index contributed by atoms with van der Waals surface area (Å²) in [7, 11) is 0. The summed E-state index contributed by atoms with van der Waals surface area (Å²) in [5.74, 6) is 0.618. The maximum absolute atomic E-state index is 5.59. The normalized spacial score (nSPS) is 12.8. The van der Waals surface area contributed by atoms with Crippen LogP contribution in [0, 0.1) is 5.92 Å². The highest BCUT2D eigenvalue weighted by Gasteiger charge is 2.02. The molecular weight excluding hydrogens is 230 g/mol. The number of fused-ring (bicyclic) bond motifs is 1. The molecule has 0 spiro atoms. The second-order valence-corrected chi connectivity index (χ2v) is 5.43. The lowest BCUT2D eigenvalue weighted by molar-refractivity contribution is 0.529. The van der Waals surface area contributed by atoms with Gasteiger partial charge in [-0.3, -0.25) is 0 Å². The number of aromatic nitrogens is 1. The molecule has 0 aliphatic carbocycles. The molecule has 17 heavy (non-hydrogen) atoms. The molecule has 3 nitrogen and oxygen atoms in total. The number of anilines is 1. The zero-order valence-electron chi connectivity index (χ0n) is 10.1. The van der Waals surface area contributed by atoms with E-state index in [1.165, 1.54) is 11.1 Å². The molecule has 1 aromatic heterocycles. The number of nitrogens with zero attached hydrogens (tertiary/aromatic N) is 1. The third-order valence-electron chi connectivity index (χ3n) is 2.85. The predicted octanol–water partition coefficient (Wildman–Crippen LogP) is 3.08. The Balaban J connectivity index is 1.83. The van der Waals surface area contributed by atoms with E-state index in [1.807, 2.05) is 18.2 Å². The second-order valence-electron chi connectivity index (χ2n) is 4.40. The van der Waals surface area contributed by atoms with Crippen molar-refractivity contribution in [3.8, 4) is 0 Å². The van der Waals surface area contributed by atoms with Gasteiger partial charge in [-0.15, -0.1) is 0 Å². The Bertz CT molecular complexity index is 433. The number of para-hydroxylation sites is 1. The Hall–Kier alpha value is -1.13. The molecule has 2 aromatic rings. The first-order valence-electron chi connectivity index (χ1n) is 6.09. The van der Waals surface area contributed by atoms with Gasteiger partial charge in [-0.1, -0.05) is 30.4 Å². The lowest BCUT2D eigenvalue weighted by Crippen LogP contribution is -2.12. The number of hydrogen-bond donors (Lipinski definition) is 2. The van der Waals surface area contributed by atoms with Crippen molar-refractivity contribution in [2.45, 2.75) is 19.8 Å². The van der Waals surface area contributed by atoms with Gasteiger partial charge in [0, 0.05) is 6.54 Å². The standard InChI is InChI=1S/C13H19N3S/c1-10(9-14)5-4-8-15-13-16-11-6-2-3-7-12(11)17-13/h2-3,6-7,10H,4-5,8-9,14H2,1H3,(H,15,16). The van der Waals surface area contributed by atoms with E-state index in [9.17, 15) is 0 Å². The molecule has 0 amide bonds. The molecule has 0 aliphatic heterocycles. The molecular formula is C13H19N3S. The molecule has 1 atom stereocenters. The van der Waals surface area contributed by atoms with Gasteiger partial charge in [0.25, 0.3) is 0 Å². The van der Waals surface area contributed by atoms with Crippen molar-refractivity contribution in [2.75, 3.05) is 18.4 Å². The maximum atomic E-state index is 5.59. The quantitative estimate of drug-likeness (QED) is 0.774. The van der Waals surface area contributed by atoms with Gasteiger partial charge in [0.15, 0.2) is 5.13 Å². The summed E-state index contributed by atoms with van der Waals surface area (Å²) >= 11 is 1.71. The number of benzene rings is 1. The minimum absolute atomic E-state index is 0.618. The molecule has 0 radical (unpaired) electrons. The second kappa shape index (κ2) is 5.98. The number of rotatable bonds is 6. The summed E-state index contributed by atoms with van der Waals surface area (Å²) in [5, 5.41) is 4.40. The van der Waals surface area contributed by atoms with E-state index in [2.05, 4.69) is 23.3 Å². The highest BCUT2D eigenvalue weighted by molar-refractivity contribution is 7.22. The summed E-state index contributed by atoms with van der Waals surface area (Å²) in [6, 6.07) is 8.23. The molecule has 0 fully saturated rings. The third kappa shape index (κ3) is 3.41. The minimum Gasteiger partial charge on any atom is -0.361 e. The Morgan fingerprint density at radius 1 is 1.41 bits per heavy atom. The Labute approximate surface area is 106 Å². The SMILES string of the molecule is CC(CN)CCCNc1nc2ccccc2s1. The van der Waals surface area contributed by atoms with E-state index in [0.717, 1.165) is 30.2 Å². The van der Waals surface area contributed by atoms with Crippen LogP contribution < -0.4 is 11.1 Å². The Morgan fingerprint density at radius 3 is 3.00 bits per heavy atom. The summed E-state index contributed by atoms with van der Waals surface area (Å²) < 4.78 is 1.24. The van der Waals surface area contributed by atoms with Crippen LogP contribution in [0.5, 0.6) is 0 Å². The first kappa shape index (κ1) is 12.3. The van der Waals surface area contributed by atoms with Crippen molar-refractivity contribution in [2.24, 2.45) is 11.7 Å². The fourth-order valence-corrected chi connectivity index (χ4v) is 2.60. The molecule has 3 N–H and O–H groups in total. The van der Waals surface area contributed by atoms with Crippen LogP contribution in [0.15, 0.2) is 24.3 Å². The smallest absolute Gasteiger partial charge is 0.183 e. The third-order valence-corrected chi connectivity index (χ3v) is 3.84. The van der Waals surface area contributed by atoms with Gasteiger partial charge in [-0.25, -0.2) is 4.98 Å². The van der Waals surface area contributed by atoms with Crippen molar-refractivity contribution in [1.82, 2.24) is 4.98 Å². The first-order valence-corrected chi connectivity index (χ1v) is 6.90. The van der Waals surface area contributed by atoms with Crippen LogP contribution in [0.25, 0.3) is 10.2 Å². The van der Waals surface area contributed by atoms with Gasteiger partial charge in [0.05, 0.1) is 10.2 Å². The van der Waals surface area contributed by atoms with E-state index < -0.39 is 0 Å². The van der Waals surface area contributed by atoms with Gasteiger partial charge < -0.3 is 11.1 Å². The van der Waals surface area contributed by atoms with Gasteiger partial charge in [0.2, 0.25) is 0 Å². The van der Waals surface area contributed by atoms with Crippen molar-refractivity contribution >= 4 is 26.7 Å². The number of thiazole rings is 1. The fraction of sp³-hybridized carbons (Fsp3) is 0.462. The average molecular weight is 249 g/mol. The van der Waals surface area contributed by atoms with Crippen molar-refractivity contribution in [1.29, 1.82) is 0 Å². The number of nitrogens with two attached hydrogens (primary N) is 1. The van der Waals surface area contributed by atoms with Gasteiger partial charge in [-0.05, 0) is 37.4 Å². The van der Waals surface area contributed by atoms with Crippen molar-refractivity contribution < 1.29 is 0 Å². The molecule has 1 unspecified atom stereocenters. The van der Waals surface area contributed by atoms with Crippen LogP contribution in [0.3, 0.4) is 0 Å². The topological polar surface area (TPSA) is 50.9 Å². The number of hydrogen-bond acceptors (Lipinski definition) is 4. The zero-order valence-corrected chi connectivity index (χ0v) is 11.0.